The molecule has 8 heteroatoms. The average Bonchev–Trinajstić information content (AvgIpc) is 2.86. The molecule has 0 saturated carbocycles. The lowest BCUT2D eigenvalue weighted by atomic mass is 10.1. The van der Waals surface area contributed by atoms with Crippen molar-refractivity contribution in [2.75, 3.05) is 17.7 Å². The van der Waals surface area contributed by atoms with Crippen molar-refractivity contribution < 1.29 is 24.2 Å². The van der Waals surface area contributed by atoms with Crippen LogP contribution in [0.3, 0.4) is 0 Å². The van der Waals surface area contributed by atoms with Crippen molar-refractivity contribution in [1.82, 2.24) is 0 Å². The van der Waals surface area contributed by atoms with Crippen molar-refractivity contribution in [3.63, 3.8) is 0 Å². The molecule has 0 unspecified atom stereocenters. The fourth-order valence-electron chi connectivity index (χ4n) is 2.38. The summed E-state index contributed by atoms with van der Waals surface area (Å²) >= 11 is 1.30. The molecule has 3 N–H and O–H groups in total. The smallest absolute Gasteiger partial charge is 0.341 e. The Morgan fingerprint density at radius 2 is 1.92 bits per heavy atom. The highest BCUT2D eigenvalue weighted by molar-refractivity contribution is 7.16. The van der Waals surface area contributed by atoms with E-state index in [1.54, 1.807) is 31.2 Å². The number of esters is 1. The summed E-state index contributed by atoms with van der Waals surface area (Å²) in [5, 5.41) is 14.5. The van der Waals surface area contributed by atoms with Gasteiger partial charge in [-0.2, -0.15) is 0 Å². The van der Waals surface area contributed by atoms with E-state index in [-0.39, 0.29) is 6.42 Å². The number of carboxylic acid groups (broad SMARTS) is 1. The number of aryl methyl sites for hydroxylation is 2. The summed E-state index contributed by atoms with van der Waals surface area (Å²) in [5.74, 6) is -1.38. The van der Waals surface area contributed by atoms with Crippen LogP contribution in [0.4, 0.5) is 15.5 Å². The molecule has 0 aliphatic heterocycles. The van der Waals surface area contributed by atoms with E-state index in [4.69, 9.17) is 9.84 Å². The van der Waals surface area contributed by atoms with Crippen molar-refractivity contribution >= 4 is 40.0 Å². The highest BCUT2D eigenvalue weighted by atomic mass is 32.1. The van der Waals surface area contributed by atoms with E-state index < -0.39 is 18.0 Å². The van der Waals surface area contributed by atoms with E-state index in [9.17, 15) is 14.4 Å². The topological polar surface area (TPSA) is 105 Å². The number of amides is 2. The number of carbonyl (C=O) groups excluding carboxylic acids is 2. The first kappa shape index (κ1) is 19.5. The van der Waals surface area contributed by atoms with E-state index in [0.717, 1.165) is 16.0 Å². The van der Waals surface area contributed by atoms with Crippen molar-refractivity contribution in [3.8, 4) is 0 Å². The first-order valence-corrected chi connectivity index (χ1v) is 8.70. The van der Waals surface area contributed by atoms with E-state index in [0.29, 0.717) is 22.7 Å². The number of carboxylic acids is 1. The van der Waals surface area contributed by atoms with Crippen LogP contribution < -0.4 is 10.6 Å². The second kappa shape index (κ2) is 8.48. The lowest BCUT2D eigenvalue weighted by Gasteiger charge is -2.09. The van der Waals surface area contributed by atoms with Gasteiger partial charge < -0.3 is 15.2 Å². The van der Waals surface area contributed by atoms with E-state index in [1.165, 1.54) is 18.4 Å². The fraction of sp³-hybridized carbons (Fsp3) is 0.278. The molecule has 0 radical (unpaired) electrons. The van der Waals surface area contributed by atoms with Crippen molar-refractivity contribution in [3.05, 3.63) is 45.8 Å². The number of thiophene rings is 1. The summed E-state index contributed by atoms with van der Waals surface area (Å²) in [4.78, 5) is 35.8. The first-order chi connectivity index (χ1) is 12.3. The monoisotopic (exact) mass is 376 g/mol. The number of aliphatic carboxylic acids is 1. The lowest BCUT2D eigenvalue weighted by Crippen LogP contribution is -2.20. The molecule has 0 fully saturated rings. The summed E-state index contributed by atoms with van der Waals surface area (Å²) in [6, 6.07) is 6.47. The molecule has 0 spiro atoms. The van der Waals surface area contributed by atoms with Crippen LogP contribution in [0, 0.1) is 13.8 Å². The molecule has 0 aliphatic rings. The van der Waals surface area contributed by atoms with Gasteiger partial charge >= 0.3 is 18.0 Å². The van der Waals surface area contributed by atoms with Gasteiger partial charge in [-0.05, 0) is 43.5 Å². The number of benzene rings is 1. The molecule has 1 heterocycles. The highest BCUT2D eigenvalue weighted by Gasteiger charge is 2.21. The zero-order valence-corrected chi connectivity index (χ0v) is 15.5. The normalized spacial score (nSPS) is 10.3. The third kappa shape index (κ3) is 4.82. The standard InChI is InChI=1S/C18H20N2O5S/c1-10-11(2)26-16(15(10)17(23)25-3)20-18(24)19-13-6-4-5-12(9-13)7-8-14(21)22/h4-6,9H,7-8H2,1-3H3,(H,21,22)(H2,19,20,24). The minimum Gasteiger partial charge on any atom is -0.481 e. The maximum atomic E-state index is 12.3. The number of urea groups is 1. The predicted octanol–water partition coefficient (Wildman–Crippen LogP) is 3.81. The number of hydrogen-bond donors (Lipinski definition) is 3. The Labute approximate surface area is 155 Å². The molecule has 1 aromatic heterocycles. The van der Waals surface area contributed by atoms with Gasteiger partial charge in [-0.3, -0.25) is 10.1 Å². The summed E-state index contributed by atoms with van der Waals surface area (Å²) in [6.07, 6.45) is 0.397. The Morgan fingerprint density at radius 1 is 1.19 bits per heavy atom. The van der Waals surface area contributed by atoms with Crippen LogP contribution in [-0.4, -0.2) is 30.2 Å². The lowest BCUT2D eigenvalue weighted by molar-refractivity contribution is -0.136. The van der Waals surface area contributed by atoms with Gasteiger partial charge in [0.25, 0.3) is 0 Å². The van der Waals surface area contributed by atoms with Crippen LogP contribution in [0.1, 0.15) is 32.8 Å². The van der Waals surface area contributed by atoms with Crippen LogP contribution in [-0.2, 0) is 16.0 Å². The van der Waals surface area contributed by atoms with Gasteiger partial charge in [0.05, 0.1) is 12.7 Å². The zero-order chi connectivity index (χ0) is 19.3. The molecule has 7 nitrogen and oxygen atoms in total. The van der Waals surface area contributed by atoms with Crippen LogP contribution in [0.2, 0.25) is 0 Å². The van der Waals surface area contributed by atoms with Crippen molar-refractivity contribution in [1.29, 1.82) is 0 Å². The fourth-order valence-corrected chi connectivity index (χ4v) is 3.43. The number of ether oxygens (including phenoxy) is 1. The van der Waals surface area contributed by atoms with Crippen LogP contribution in [0.5, 0.6) is 0 Å². The highest BCUT2D eigenvalue weighted by Crippen LogP contribution is 2.33. The Kier molecular flexibility index (Phi) is 6.35. The largest absolute Gasteiger partial charge is 0.481 e. The third-order valence-electron chi connectivity index (χ3n) is 3.81. The molecule has 2 rings (SSSR count). The number of carbonyl (C=O) groups is 3. The Bertz CT molecular complexity index is 844. The Morgan fingerprint density at radius 3 is 2.58 bits per heavy atom. The van der Waals surface area contributed by atoms with E-state index in [2.05, 4.69) is 10.6 Å². The van der Waals surface area contributed by atoms with Gasteiger partial charge in [0.15, 0.2) is 0 Å². The summed E-state index contributed by atoms with van der Waals surface area (Å²) in [5.41, 5.74) is 2.46. The number of anilines is 2. The predicted molar refractivity (Wildman–Crippen MR) is 100 cm³/mol. The molecule has 26 heavy (non-hydrogen) atoms. The third-order valence-corrected chi connectivity index (χ3v) is 4.94. The number of nitrogens with one attached hydrogen (secondary N) is 2. The van der Waals surface area contributed by atoms with Gasteiger partial charge in [-0.25, -0.2) is 9.59 Å². The molecule has 0 atom stereocenters. The minimum absolute atomic E-state index is 0.0197. The molecular weight excluding hydrogens is 356 g/mol. The molecule has 0 saturated heterocycles. The molecular formula is C18H20N2O5S. The summed E-state index contributed by atoms with van der Waals surface area (Å²) in [6.45, 7) is 3.66. The molecule has 138 valence electrons. The second-order valence-corrected chi connectivity index (χ2v) is 6.88. The summed E-state index contributed by atoms with van der Waals surface area (Å²) < 4.78 is 4.78. The molecule has 0 aliphatic carbocycles. The van der Waals surface area contributed by atoms with Crippen molar-refractivity contribution in [2.45, 2.75) is 26.7 Å². The second-order valence-electron chi connectivity index (χ2n) is 5.65. The van der Waals surface area contributed by atoms with Gasteiger partial charge in [0.1, 0.15) is 5.00 Å². The maximum Gasteiger partial charge on any atom is 0.341 e. The van der Waals surface area contributed by atoms with Crippen LogP contribution in [0.25, 0.3) is 0 Å². The Balaban J connectivity index is 2.10. The molecule has 1 aromatic carbocycles. The molecule has 2 aromatic rings. The molecule has 2 amide bonds. The van der Waals surface area contributed by atoms with Gasteiger partial charge in [-0.1, -0.05) is 12.1 Å². The quantitative estimate of drug-likeness (QED) is 0.665. The number of methoxy groups -OCH3 is 1. The maximum absolute atomic E-state index is 12.3. The minimum atomic E-state index is -0.875. The van der Waals surface area contributed by atoms with Gasteiger partial charge in [0, 0.05) is 17.0 Å². The SMILES string of the molecule is COC(=O)c1c(NC(=O)Nc2cccc(CCC(=O)O)c2)sc(C)c1C. The first-order valence-electron chi connectivity index (χ1n) is 7.89. The van der Waals surface area contributed by atoms with E-state index >= 15 is 0 Å². The summed E-state index contributed by atoms with van der Waals surface area (Å²) in [7, 11) is 1.29. The van der Waals surface area contributed by atoms with Crippen molar-refractivity contribution in [2.24, 2.45) is 0 Å². The Hall–Kier alpha value is -2.87. The van der Waals surface area contributed by atoms with Gasteiger partial charge in [0.2, 0.25) is 0 Å². The van der Waals surface area contributed by atoms with Crippen LogP contribution >= 0.6 is 11.3 Å². The molecule has 0 bridgehead atoms. The van der Waals surface area contributed by atoms with Gasteiger partial charge in [-0.15, -0.1) is 11.3 Å². The zero-order valence-electron chi connectivity index (χ0n) is 14.7. The van der Waals surface area contributed by atoms with E-state index in [1.807, 2.05) is 6.92 Å². The number of hydrogen-bond acceptors (Lipinski definition) is 5. The van der Waals surface area contributed by atoms with Crippen LogP contribution in [0.15, 0.2) is 24.3 Å². The average molecular weight is 376 g/mol. The number of rotatable bonds is 6.